The quantitative estimate of drug-likeness (QED) is 0.851. The Hall–Kier alpha value is -1.16. The molecule has 2 heterocycles. The summed E-state index contributed by atoms with van der Waals surface area (Å²) in [6.45, 7) is 0.377. The molecule has 3 nitrogen and oxygen atoms in total. The highest BCUT2D eigenvalue weighted by Crippen LogP contribution is 2.39. The number of hydrogen-bond donors (Lipinski definition) is 0. The fraction of sp³-hybridized carbons (Fsp3) is 0.562. The van der Waals surface area contributed by atoms with Crippen LogP contribution in [0.15, 0.2) is 30.3 Å². The van der Waals surface area contributed by atoms with Gasteiger partial charge in [-0.2, -0.15) is 11.8 Å². The molecule has 1 amide bonds. The van der Waals surface area contributed by atoms with E-state index in [9.17, 15) is 4.79 Å². The molecule has 2 bridgehead atoms. The van der Waals surface area contributed by atoms with Crippen molar-refractivity contribution in [2.45, 2.75) is 49.6 Å². The van der Waals surface area contributed by atoms with Crippen LogP contribution in [0.25, 0.3) is 0 Å². The van der Waals surface area contributed by atoms with Crippen molar-refractivity contribution in [2.24, 2.45) is 0 Å². The third kappa shape index (κ3) is 2.80. The monoisotopic (exact) mass is 291 g/mol. The van der Waals surface area contributed by atoms with Gasteiger partial charge in [-0.25, -0.2) is 4.79 Å². The van der Waals surface area contributed by atoms with E-state index in [4.69, 9.17) is 4.74 Å². The van der Waals surface area contributed by atoms with Crippen LogP contribution in [0.5, 0.6) is 0 Å². The number of hydrogen-bond acceptors (Lipinski definition) is 3. The number of nitrogens with zero attached hydrogens (tertiary/aromatic N) is 1. The number of carbonyl (C=O) groups is 1. The van der Waals surface area contributed by atoms with E-state index >= 15 is 0 Å². The number of carbonyl (C=O) groups excluding carboxylic acids is 1. The zero-order chi connectivity index (χ0) is 13.9. The molecule has 1 aromatic carbocycles. The first-order valence-corrected chi connectivity index (χ1v) is 8.58. The van der Waals surface area contributed by atoms with Crippen molar-refractivity contribution in [3.05, 3.63) is 35.9 Å². The van der Waals surface area contributed by atoms with E-state index in [1.165, 1.54) is 0 Å². The molecule has 0 aromatic heterocycles. The molecular formula is C16H21NO2S. The summed E-state index contributed by atoms with van der Waals surface area (Å²) in [5.41, 5.74) is 1.05. The SMILES string of the molecule is CSC1CC2CCC(C1)N2C(=O)OCc1ccccc1. The van der Waals surface area contributed by atoms with Gasteiger partial charge in [-0.05, 0) is 37.5 Å². The third-order valence-corrected chi connectivity index (χ3v) is 5.49. The summed E-state index contributed by atoms with van der Waals surface area (Å²) in [5, 5.41) is 0.714. The van der Waals surface area contributed by atoms with Crippen LogP contribution >= 0.6 is 11.8 Å². The summed E-state index contributed by atoms with van der Waals surface area (Å²) in [4.78, 5) is 14.3. The topological polar surface area (TPSA) is 29.5 Å². The molecular weight excluding hydrogens is 270 g/mol. The van der Waals surface area contributed by atoms with Crippen molar-refractivity contribution in [3.63, 3.8) is 0 Å². The van der Waals surface area contributed by atoms with Crippen molar-refractivity contribution in [1.29, 1.82) is 0 Å². The first-order chi connectivity index (χ1) is 9.78. The van der Waals surface area contributed by atoms with Gasteiger partial charge >= 0.3 is 6.09 Å². The fourth-order valence-electron chi connectivity index (χ4n) is 3.41. The van der Waals surface area contributed by atoms with Crippen LogP contribution in [-0.4, -0.2) is 34.6 Å². The highest BCUT2D eigenvalue weighted by Gasteiger charge is 2.43. The van der Waals surface area contributed by atoms with Crippen molar-refractivity contribution in [1.82, 2.24) is 4.90 Å². The van der Waals surface area contributed by atoms with Crippen molar-refractivity contribution >= 4 is 17.9 Å². The zero-order valence-electron chi connectivity index (χ0n) is 11.8. The minimum absolute atomic E-state index is 0.124. The Bertz CT molecular complexity index is 451. The lowest BCUT2D eigenvalue weighted by atomic mass is 10.0. The second kappa shape index (κ2) is 6.08. The second-order valence-electron chi connectivity index (χ2n) is 5.66. The normalized spacial score (nSPS) is 28.4. The van der Waals surface area contributed by atoms with Crippen LogP contribution in [0.1, 0.15) is 31.2 Å². The van der Waals surface area contributed by atoms with Gasteiger partial charge in [-0.3, -0.25) is 0 Å². The molecule has 4 heteroatoms. The Morgan fingerprint density at radius 1 is 1.25 bits per heavy atom. The second-order valence-corrected chi connectivity index (χ2v) is 6.80. The summed E-state index contributed by atoms with van der Waals surface area (Å²) >= 11 is 1.94. The van der Waals surface area contributed by atoms with Crippen molar-refractivity contribution in [3.8, 4) is 0 Å². The van der Waals surface area contributed by atoms with Crippen LogP contribution < -0.4 is 0 Å². The summed E-state index contributed by atoms with van der Waals surface area (Å²) < 4.78 is 5.50. The molecule has 0 spiro atoms. The molecule has 20 heavy (non-hydrogen) atoms. The number of benzene rings is 1. The molecule has 2 aliphatic heterocycles. The van der Waals surface area contributed by atoms with Gasteiger partial charge in [-0.1, -0.05) is 30.3 Å². The Kier molecular flexibility index (Phi) is 4.20. The van der Waals surface area contributed by atoms with Gasteiger partial charge < -0.3 is 9.64 Å². The molecule has 2 saturated heterocycles. The third-order valence-electron chi connectivity index (χ3n) is 4.44. The number of thioether (sulfide) groups is 1. The van der Waals surface area contributed by atoms with Crippen LogP contribution in [0, 0.1) is 0 Å². The lowest BCUT2D eigenvalue weighted by Crippen LogP contribution is -2.47. The molecule has 0 N–H and O–H groups in total. The first kappa shape index (κ1) is 13.8. The molecule has 2 unspecified atom stereocenters. The van der Waals surface area contributed by atoms with E-state index in [0.29, 0.717) is 23.9 Å². The van der Waals surface area contributed by atoms with Crippen LogP contribution in [0.2, 0.25) is 0 Å². The smallest absolute Gasteiger partial charge is 0.410 e. The lowest BCUT2D eigenvalue weighted by molar-refractivity contribution is 0.0661. The first-order valence-electron chi connectivity index (χ1n) is 7.29. The number of amides is 1. The Morgan fingerprint density at radius 3 is 2.50 bits per heavy atom. The molecule has 0 aliphatic carbocycles. The van der Waals surface area contributed by atoms with Gasteiger partial charge in [-0.15, -0.1) is 0 Å². The Balaban J connectivity index is 1.58. The number of fused-ring (bicyclic) bond motifs is 2. The number of ether oxygens (including phenoxy) is 1. The highest BCUT2D eigenvalue weighted by atomic mass is 32.2. The molecule has 0 radical (unpaired) electrons. The highest BCUT2D eigenvalue weighted by molar-refractivity contribution is 7.99. The summed E-state index contributed by atoms with van der Waals surface area (Å²) in [6.07, 6.45) is 6.58. The predicted octanol–water partition coefficient (Wildman–Crippen LogP) is 3.68. The van der Waals surface area contributed by atoms with E-state index < -0.39 is 0 Å². The van der Waals surface area contributed by atoms with E-state index in [1.807, 2.05) is 47.0 Å². The van der Waals surface area contributed by atoms with Crippen LogP contribution in [-0.2, 0) is 11.3 Å². The van der Waals surface area contributed by atoms with Gasteiger partial charge in [0, 0.05) is 17.3 Å². The maximum Gasteiger partial charge on any atom is 0.410 e. The molecule has 3 rings (SSSR count). The fourth-order valence-corrected chi connectivity index (χ4v) is 4.24. The lowest BCUT2D eigenvalue weighted by Gasteiger charge is -2.37. The zero-order valence-corrected chi connectivity index (χ0v) is 12.6. The number of piperidine rings is 1. The molecule has 0 saturated carbocycles. The summed E-state index contributed by atoms with van der Waals surface area (Å²) in [7, 11) is 0. The maximum absolute atomic E-state index is 12.3. The largest absolute Gasteiger partial charge is 0.445 e. The average Bonchev–Trinajstić information content (AvgIpc) is 2.76. The molecule has 2 fully saturated rings. The van der Waals surface area contributed by atoms with Gasteiger partial charge in [0.15, 0.2) is 0 Å². The van der Waals surface area contributed by atoms with E-state index in [-0.39, 0.29) is 6.09 Å². The van der Waals surface area contributed by atoms with Crippen molar-refractivity contribution in [2.75, 3.05) is 6.26 Å². The average molecular weight is 291 g/mol. The Labute approximate surface area is 124 Å². The van der Waals surface area contributed by atoms with Gasteiger partial charge in [0.05, 0.1) is 0 Å². The molecule has 1 aromatic rings. The van der Waals surface area contributed by atoms with Crippen molar-refractivity contribution < 1.29 is 9.53 Å². The minimum atomic E-state index is -0.124. The van der Waals surface area contributed by atoms with Gasteiger partial charge in [0.1, 0.15) is 6.61 Å². The molecule has 2 aliphatic rings. The van der Waals surface area contributed by atoms with Gasteiger partial charge in [0.25, 0.3) is 0 Å². The van der Waals surface area contributed by atoms with E-state index in [1.54, 1.807) is 0 Å². The summed E-state index contributed by atoms with van der Waals surface area (Å²) in [5.74, 6) is 0. The van der Waals surface area contributed by atoms with E-state index in [0.717, 1.165) is 31.2 Å². The molecule has 108 valence electrons. The summed E-state index contributed by atoms with van der Waals surface area (Å²) in [6, 6.07) is 10.7. The Morgan fingerprint density at radius 2 is 1.90 bits per heavy atom. The predicted molar refractivity (Wildman–Crippen MR) is 81.8 cm³/mol. The number of rotatable bonds is 3. The standard InChI is InChI=1S/C16H21NO2S/c1-20-15-9-13-7-8-14(10-15)17(13)16(18)19-11-12-5-3-2-4-6-12/h2-6,13-15H,7-11H2,1H3. The van der Waals surface area contributed by atoms with Crippen LogP contribution in [0.4, 0.5) is 4.79 Å². The van der Waals surface area contributed by atoms with Crippen LogP contribution in [0.3, 0.4) is 0 Å². The van der Waals surface area contributed by atoms with E-state index in [2.05, 4.69) is 6.26 Å². The van der Waals surface area contributed by atoms with Gasteiger partial charge in [0.2, 0.25) is 0 Å². The maximum atomic E-state index is 12.3. The molecule has 2 atom stereocenters. The minimum Gasteiger partial charge on any atom is -0.445 e.